The molecule has 118 valence electrons. The number of ether oxygens (including phenoxy) is 2. The summed E-state index contributed by atoms with van der Waals surface area (Å²) in [5, 5.41) is 10.0. The van der Waals surface area contributed by atoms with Crippen molar-refractivity contribution < 1.29 is 9.47 Å². The molecule has 0 aliphatic heterocycles. The highest BCUT2D eigenvalue weighted by atomic mass is 79.9. The molecule has 23 heavy (non-hydrogen) atoms. The van der Waals surface area contributed by atoms with Gasteiger partial charge >= 0.3 is 0 Å². The molecule has 0 atom stereocenters. The summed E-state index contributed by atoms with van der Waals surface area (Å²) < 4.78 is 11.7. The van der Waals surface area contributed by atoms with Crippen LogP contribution in [0.4, 0.5) is 0 Å². The molecule has 0 bridgehead atoms. The number of nitriles is 1. The first-order chi connectivity index (χ1) is 11.1. The van der Waals surface area contributed by atoms with Crippen molar-refractivity contribution in [2.45, 2.75) is 6.92 Å². The van der Waals surface area contributed by atoms with Gasteiger partial charge in [-0.2, -0.15) is 5.26 Å². The largest absolute Gasteiger partial charge is 0.492 e. The van der Waals surface area contributed by atoms with E-state index in [-0.39, 0.29) is 0 Å². The highest BCUT2D eigenvalue weighted by molar-refractivity contribution is 9.10. The van der Waals surface area contributed by atoms with Crippen LogP contribution in [0, 0.1) is 11.3 Å². The molecule has 0 fully saturated rings. The van der Waals surface area contributed by atoms with Gasteiger partial charge in [0.05, 0.1) is 29.8 Å². The van der Waals surface area contributed by atoms with E-state index in [4.69, 9.17) is 21.1 Å². The molecule has 0 saturated heterocycles. The highest BCUT2D eigenvalue weighted by Crippen LogP contribution is 2.37. The number of rotatable bonds is 5. The smallest absolute Gasteiger partial charge is 0.174 e. The van der Waals surface area contributed by atoms with Crippen molar-refractivity contribution in [2.24, 2.45) is 0 Å². The van der Waals surface area contributed by atoms with Crippen LogP contribution >= 0.6 is 27.5 Å². The van der Waals surface area contributed by atoms with Crippen molar-refractivity contribution in [3.05, 3.63) is 57.0 Å². The first-order valence-electron chi connectivity index (χ1n) is 6.97. The maximum absolute atomic E-state index is 9.45. The second kappa shape index (κ2) is 8.05. The van der Waals surface area contributed by atoms with Crippen molar-refractivity contribution in [2.75, 3.05) is 13.7 Å². The summed E-state index contributed by atoms with van der Waals surface area (Å²) in [5.41, 5.74) is 2.12. The molecule has 0 spiro atoms. The van der Waals surface area contributed by atoms with Crippen LogP contribution in [0.15, 0.2) is 40.9 Å². The maximum atomic E-state index is 9.45. The van der Waals surface area contributed by atoms with Gasteiger partial charge in [-0.15, -0.1) is 0 Å². The molecule has 0 aromatic heterocycles. The van der Waals surface area contributed by atoms with E-state index in [9.17, 15) is 5.26 Å². The van der Waals surface area contributed by atoms with Gasteiger partial charge in [0.2, 0.25) is 0 Å². The number of halogens is 2. The van der Waals surface area contributed by atoms with Gasteiger partial charge in [-0.25, -0.2) is 0 Å². The zero-order valence-electron chi connectivity index (χ0n) is 12.8. The zero-order valence-corrected chi connectivity index (χ0v) is 15.1. The van der Waals surface area contributed by atoms with Crippen molar-refractivity contribution in [3.8, 4) is 17.6 Å². The lowest BCUT2D eigenvalue weighted by Crippen LogP contribution is -1.96. The summed E-state index contributed by atoms with van der Waals surface area (Å²) in [6.07, 6.45) is 1.79. The van der Waals surface area contributed by atoms with E-state index in [0.717, 1.165) is 15.6 Å². The molecule has 0 saturated carbocycles. The van der Waals surface area contributed by atoms with Crippen LogP contribution in [0.25, 0.3) is 11.6 Å². The Balaban J connectivity index is 2.50. The fourth-order valence-corrected chi connectivity index (χ4v) is 2.95. The van der Waals surface area contributed by atoms with Gasteiger partial charge in [-0.05, 0) is 64.3 Å². The van der Waals surface area contributed by atoms with Gasteiger partial charge in [0, 0.05) is 5.02 Å². The second-order valence-electron chi connectivity index (χ2n) is 4.65. The minimum absolute atomic E-state index is 0.520. The fourth-order valence-electron chi connectivity index (χ4n) is 2.14. The Hall–Kier alpha value is -1.96. The third-order valence-electron chi connectivity index (χ3n) is 3.10. The average molecular weight is 393 g/mol. The van der Waals surface area contributed by atoms with E-state index < -0.39 is 0 Å². The van der Waals surface area contributed by atoms with Crippen LogP contribution < -0.4 is 9.47 Å². The first kappa shape index (κ1) is 17.4. The van der Waals surface area contributed by atoms with Crippen molar-refractivity contribution in [1.29, 1.82) is 5.26 Å². The third kappa shape index (κ3) is 4.28. The Morgan fingerprint density at radius 1 is 1.35 bits per heavy atom. The fraction of sp³-hybridized carbons (Fsp3) is 0.167. The van der Waals surface area contributed by atoms with Crippen LogP contribution in [0.5, 0.6) is 11.5 Å². The molecule has 0 N–H and O–H groups in total. The molecular formula is C18H15BrClNO2. The van der Waals surface area contributed by atoms with E-state index in [1.807, 2.05) is 31.2 Å². The molecule has 2 aromatic rings. The van der Waals surface area contributed by atoms with Crippen LogP contribution in [0.1, 0.15) is 18.1 Å². The normalized spacial score (nSPS) is 11.0. The topological polar surface area (TPSA) is 42.2 Å². The first-order valence-corrected chi connectivity index (χ1v) is 8.14. The number of benzene rings is 2. The Morgan fingerprint density at radius 3 is 2.74 bits per heavy atom. The van der Waals surface area contributed by atoms with E-state index >= 15 is 0 Å². The van der Waals surface area contributed by atoms with Crippen LogP contribution in [-0.2, 0) is 0 Å². The third-order valence-corrected chi connectivity index (χ3v) is 3.93. The van der Waals surface area contributed by atoms with Crippen molar-refractivity contribution in [1.82, 2.24) is 0 Å². The van der Waals surface area contributed by atoms with E-state index in [1.165, 1.54) is 0 Å². The maximum Gasteiger partial charge on any atom is 0.174 e. The highest BCUT2D eigenvalue weighted by Gasteiger charge is 2.11. The SMILES string of the molecule is CCOc1cc(/C=C(/C#N)c2cccc(Cl)c2)cc(Br)c1OC. The summed E-state index contributed by atoms with van der Waals surface area (Å²) in [7, 11) is 1.59. The Morgan fingerprint density at radius 2 is 2.13 bits per heavy atom. The van der Waals surface area contributed by atoms with Gasteiger partial charge in [0.25, 0.3) is 0 Å². The molecule has 0 aliphatic rings. The monoisotopic (exact) mass is 391 g/mol. The molecule has 0 unspecified atom stereocenters. The zero-order chi connectivity index (χ0) is 16.8. The number of nitrogens with zero attached hydrogens (tertiary/aromatic N) is 1. The lowest BCUT2D eigenvalue weighted by molar-refractivity contribution is 0.310. The predicted molar refractivity (Wildman–Crippen MR) is 96.8 cm³/mol. The number of allylic oxidation sites excluding steroid dienone is 1. The van der Waals surface area contributed by atoms with Gasteiger partial charge in [-0.3, -0.25) is 0 Å². The van der Waals surface area contributed by atoms with Crippen molar-refractivity contribution >= 4 is 39.2 Å². The van der Waals surface area contributed by atoms with E-state index in [1.54, 1.807) is 25.3 Å². The molecule has 2 rings (SSSR count). The molecule has 0 heterocycles. The molecule has 0 radical (unpaired) electrons. The number of methoxy groups -OCH3 is 1. The van der Waals surface area contributed by atoms with Gasteiger partial charge < -0.3 is 9.47 Å². The molecule has 3 nitrogen and oxygen atoms in total. The number of hydrogen-bond acceptors (Lipinski definition) is 3. The summed E-state index contributed by atoms with van der Waals surface area (Å²) in [5.74, 6) is 1.25. The summed E-state index contributed by atoms with van der Waals surface area (Å²) in [6, 6.07) is 13.1. The minimum atomic E-state index is 0.520. The lowest BCUT2D eigenvalue weighted by atomic mass is 10.0. The summed E-state index contributed by atoms with van der Waals surface area (Å²) >= 11 is 9.47. The molecular weight excluding hydrogens is 378 g/mol. The van der Waals surface area contributed by atoms with Gasteiger partial charge in [0.15, 0.2) is 11.5 Å². The lowest BCUT2D eigenvalue weighted by Gasteiger charge is -2.12. The standard InChI is InChI=1S/C18H15BrClNO2/c1-3-23-17-9-12(8-16(19)18(17)22-2)7-14(11-21)13-5-4-6-15(20)10-13/h4-10H,3H2,1-2H3/b14-7-. The Bertz CT molecular complexity index is 781. The van der Waals surface area contributed by atoms with E-state index in [2.05, 4.69) is 22.0 Å². The Labute approximate surface area is 149 Å². The molecule has 0 amide bonds. The van der Waals surface area contributed by atoms with E-state index in [0.29, 0.717) is 28.7 Å². The second-order valence-corrected chi connectivity index (χ2v) is 5.94. The predicted octanol–water partition coefficient (Wildman–Crippen LogP) is 5.57. The Kier molecular flexibility index (Phi) is 6.09. The van der Waals surface area contributed by atoms with Crippen LogP contribution in [0.3, 0.4) is 0 Å². The minimum Gasteiger partial charge on any atom is -0.492 e. The summed E-state index contributed by atoms with van der Waals surface area (Å²) in [4.78, 5) is 0. The van der Waals surface area contributed by atoms with Gasteiger partial charge in [0.1, 0.15) is 0 Å². The van der Waals surface area contributed by atoms with Crippen molar-refractivity contribution in [3.63, 3.8) is 0 Å². The summed E-state index contributed by atoms with van der Waals surface area (Å²) in [6.45, 7) is 2.43. The van der Waals surface area contributed by atoms with Crippen LogP contribution in [-0.4, -0.2) is 13.7 Å². The molecule has 0 aliphatic carbocycles. The molecule has 2 aromatic carbocycles. The quantitative estimate of drug-likeness (QED) is 0.493. The molecule has 5 heteroatoms. The average Bonchev–Trinajstić information content (AvgIpc) is 2.53. The number of hydrogen-bond donors (Lipinski definition) is 0. The van der Waals surface area contributed by atoms with Crippen LogP contribution in [0.2, 0.25) is 5.02 Å². The van der Waals surface area contributed by atoms with Gasteiger partial charge in [-0.1, -0.05) is 23.7 Å².